The van der Waals surface area contributed by atoms with Crippen LogP contribution >= 0.6 is 0 Å². The van der Waals surface area contributed by atoms with Crippen LogP contribution in [0.25, 0.3) is 0 Å². The highest BCUT2D eigenvalue weighted by atomic mass is 16.5. The zero-order valence-corrected chi connectivity index (χ0v) is 9.68. The standard InChI is InChI=1S/C11H16N2O4/c1-16-9-6-8(17-13-9)11(10(14)15)4-2-7(12)3-5-11/h6-7H,2-5,12H2,1H3,(H,14,15). The van der Waals surface area contributed by atoms with E-state index in [-0.39, 0.29) is 6.04 Å². The first-order valence-corrected chi connectivity index (χ1v) is 5.58. The number of carboxylic acid groups (broad SMARTS) is 1. The molecular weight excluding hydrogens is 224 g/mol. The SMILES string of the molecule is COc1cc(C2(C(=O)O)CCC(N)CC2)on1. The molecule has 0 aromatic carbocycles. The third-order valence-corrected chi connectivity index (χ3v) is 3.46. The van der Waals surface area contributed by atoms with Crippen LogP contribution in [0, 0.1) is 0 Å². The van der Waals surface area contributed by atoms with Gasteiger partial charge in [-0.15, -0.1) is 0 Å². The fraction of sp³-hybridized carbons (Fsp3) is 0.636. The van der Waals surface area contributed by atoms with Crippen LogP contribution in [0.2, 0.25) is 0 Å². The highest BCUT2D eigenvalue weighted by Crippen LogP contribution is 2.40. The Morgan fingerprint density at radius 2 is 2.29 bits per heavy atom. The van der Waals surface area contributed by atoms with Crippen molar-refractivity contribution in [1.29, 1.82) is 0 Å². The summed E-state index contributed by atoms with van der Waals surface area (Å²) in [5.41, 5.74) is 4.80. The molecule has 0 bridgehead atoms. The van der Waals surface area contributed by atoms with Gasteiger partial charge in [0.1, 0.15) is 5.41 Å². The van der Waals surface area contributed by atoms with Gasteiger partial charge in [0, 0.05) is 12.1 Å². The Bertz CT molecular complexity index is 407. The summed E-state index contributed by atoms with van der Waals surface area (Å²) in [6.07, 6.45) is 2.30. The number of aromatic nitrogens is 1. The quantitative estimate of drug-likeness (QED) is 0.814. The molecule has 2 rings (SSSR count). The average molecular weight is 240 g/mol. The van der Waals surface area contributed by atoms with Crippen molar-refractivity contribution in [1.82, 2.24) is 5.16 Å². The minimum absolute atomic E-state index is 0.0762. The molecule has 1 aromatic heterocycles. The molecule has 3 N–H and O–H groups in total. The molecule has 1 aliphatic rings. The summed E-state index contributed by atoms with van der Waals surface area (Å²) < 4.78 is 10.0. The van der Waals surface area contributed by atoms with Gasteiger partial charge in [0.05, 0.1) is 7.11 Å². The lowest BCUT2D eigenvalue weighted by Gasteiger charge is -2.33. The number of aliphatic carboxylic acids is 1. The lowest BCUT2D eigenvalue weighted by atomic mass is 9.71. The predicted octanol–water partition coefficient (Wildman–Crippen LogP) is 0.907. The molecule has 0 atom stereocenters. The summed E-state index contributed by atoms with van der Waals surface area (Å²) in [6, 6.07) is 1.62. The van der Waals surface area contributed by atoms with Crippen molar-refractivity contribution in [3.05, 3.63) is 11.8 Å². The van der Waals surface area contributed by atoms with Crippen LogP contribution in [-0.4, -0.2) is 29.4 Å². The number of hydrogen-bond acceptors (Lipinski definition) is 5. The van der Waals surface area contributed by atoms with Gasteiger partial charge in [-0.1, -0.05) is 0 Å². The van der Waals surface area contributed by atoms with E-state index in [1.807, 2.05) is 0 Å². The first-order chi connectivity index (χ1) is 8.08. The molecule has 17 heavy (non-hydrogen) atoms. The molecule has 1 aromatic rings. The molecule has 1 saturated carbocycles. The van der Waals surface area contributed by atoms with Crippen molar-refractivity contribution in [3.63, 3.8) is 0 Å². The second-order valence-corrected chi connectivity index (χ2v) is 4.46. The number of carbonyl (C=O) groups is 1. The van der Waals surface area contributed by atoms with E-state index in [4.69, 9.17) is 15.0 Å². The van der Waals surface area contributed by atoms with E-state index in [9.17, 15) is 9.90 Å². The van der Waals surface area contributed by atoms with Gasteiger partial charge >= 0.3 is 5.97 Å². The van der Waals surface area contributed by atoms with E-state index in [2.05, 4.69) is 5.16 Å². The van der Waals surface area contributed by atoms with Gasteiger partial charge in [-0.2, -0.15) is 0 Å². The van der Waals surface area contributed by atoms with Crippen molar-refractivity contribution < 1.29 is 19.2 Å². The molecular formula is C11H16N2O4. The summed E-state index contributed by atoms with van der Waals surface area (Å²) in [6.45, 7) is 0. The van der Waals surface area contributed by atoms with Crippen LogP contribution in [-0.2, 0) is 10.2 Å². The van der Waals surface area contributed by atoms with E-state index in [1.54, 1.807) is 6.07 Å². The van der Waals surface area contributed by atoms with E-state index in [1.165, 1.54) is 7.11 Å². The van der Waals surface area contributed by atoms with Gasteiger partial charge in [-0.05, 0) is 30.8 Å². The molecule has 0 amide bonds. The number of carboxylic acids is 1. The van der Waals surface area contributed by atoms with E-state index in [0.29, 0.717) is 37.3 Å². The Balaban J connectivity index is 2.31. The first kappa shape index (κ1) is 11.9. The van der Waals surface area contributed by atoms with Gasteiger partial charge in [0.2, 0.25) is 0 Å². The molecule has 0 saturated heterocycles. The van der Waals surface area contributed by atoms with Crippen LogP contribution in [0.1, 0.15) is 31.4 Å². The van der Waals surface area contributed by atoms with E-state index >= 15 is 0 Å². The van der Waals surface area contributed by atoms with Crippen molar-refractivity contribution >= 4 is 5.97 Å². The molecule has 6 heteroatoms. The Hall–Kier alpha value is -1.56. The second-order valence-electron chi connectivity index (χ2n) is 4.46. The van der Waals surface area contributed by atoms with Crippen LogP contribution in [0.5, 0.6) is 5.88 Å². The van der Waals surface area contributed by atoms with Crippen LogP contribution in [0.3, 0.4) is 0 Å². The fourth-order valence-corrected chi connectivity index (χ4v) is 2.28. The number of ether oxygens (including phenoxy) is 1. The molecule has 0 radical (unpaired) electrons. The molecule has 1 fully saturated rings. The Kier molecular flexibility index (Phi) is 3.06. The highest BCUT2D eigenvalue weighted by molar-refractivity contribution is 5.80. The monoisotopic (exact) mass is 240 g/mol. The molecule has 6 nitrogen and oxygen atoms in total. The normalized spacial score (nSPS) is 28.9. The topological polar surface area (TPSA) is 98.6 Å². The van der Waals surface area contributed by atoms with Crippen molar-refractivity contribution in [3.8, 4) is 5.88 Å². The lowest BCUT2D eigenvalue weighted by Crippen LogP contribution is -2.42. The predicted molar refractivity (Wildman–Crippen MR) is 58.8 cm³/mol. The zero-order valence-electron chi connectivity index (χ0n) is 9.68. The lowest BCUT2D eigenvalue weighted by molar-refractivity contribution is -0.146. The van der Waals surface area contributed by atoms with Crippen LogP contribution < -0.4 is 10.5 Å². The van der Waals surface area contributed by atoms with E-state index in [0.717, 1.165) is 0 Å². The van der Waals surface area contributed by atoms with Gasteiger partial charge in [-0.25, -0.2) is 0 Å². The van der Waals surface area contributed by atoms with Crippen molar-refractivity contribution in [2.75, 3.05) is 7.11 Å². The molecule has 0 spiro atoms. The Labute approximate surface area is 98.7 Å². The van der Waals surface area contributed by atoms with Gasteiger partial charge < -0.3 is 20.1 Å². The molecule has 0 unspecified atom stereocenters. The Morgan fingerprint density at radius 1 is 1.65 bits per heavy atom. The van der Waals surface area contributed by atoms with Gasteiger partial charge in [0.15, 0.2) is 5.76 Å². The Morgan fingerprint density at radius 3 is 2.76 bits per heavy atom. The third kappa shape index (κ3) is 2.00. The third-order valence-electron chi connectivity index (χ3n) is 3.46. The van der Waals surface area contributed by atoms with Crippen LogP contribution in [0.4, 0.5) is 0 Å². The zero-order chi connectivity index (χ0) is 12.5. The number of rotatable bonds is 3. The summed E-state index contributed by atoms with van der Waals surface area (Å²) >= 11 is 0. The summed E-state index contributed by atoms with van der Waals surface area (Å²) in [7, 11) is 1.46. The maximum absolute atomic E-state index is 11.5. The molecule has 1 aliphatic carbocycles. The molecule has 94 valence electrons. The summed E-state index contributed by atoms with van der Waals surface area (Å²) in [4.78, 5) is 11.5. The smallest absolute Gasteiger partial charge is 0.317 e. The summed E-state index contributed by atoms with van der Waals surface area (Å²) in [5, 5.41) is 13.1. The van der Waals surface area contributed by atoms with E-state index < -0.39 is 11.4 Å². The fourth-order valence-electron chi connectivity index (χ4n) is 2.28. The maximum Gasteiger partial charge on any atom is 0.317 e. The molecule has 0 aliphatic heterocycles. The highest BCUT2D eigenvalue weighted by Gasteiger charge is 2.46. The minimum atomic E-state index is -1.00. The van der Waals surface area contributed by atoms with Crippen LogP contribution in [0.15, 0.2) is 10.6 Å². The second kappa shape index (κ2) is 4.37. The molecule has 1 heterocycles. The first-order valence-electron chi connectivity index (χ1n) is 5.58. The van der Waals surface area contributed by atoms with Crippen molar-refractivity contribution in [2.24, 2.45) is 5.73 Å². The summed E-state index contributed by atoms with van der Waals surface area (Å²) in [5.74, 6) is -0.229. The maximum atomic E-state index is 11.5. The van der Waals surface area contributed by atoms with Gasteiger partial charge in [-0.3, -0.25) is 4.79 Å². The minimum Gasteiger partial charge on any atom is -0.480 e. The number of methoxy groups -OCH3 is 1. The number of nitrogens with zero attached hydrogens (tertiary/aromatic N) is 1. The van der Waals surface area contributed by atoms with Crippen molar-refractivity contribution in [2.45, 2.75) is 37.1 Å². The van der Waals surface area contributed by atoms with Gasteiger partial charge in [0.25, 0.3) is 5.88 Å². The number of nitrogens with two attached hydrogens (primary N) is 1. The number of hydrogen-bond donors (Lipinski definition) is 2. The largest absolute Gasteiger partial charge is 0.480 e. The average Bonchev–Trinajstić information content (AvgIpc) is 2.79.